The lowest BCUT2D eigenvalue weighted by Crippen LogP contribution is -2.54. The molecule has 282 valence electrons. The van der Waals surface area contributed by atoms with E-state index in [1.54, 1.807) is 59.7 Å². The van der Waals surface area contributed by atoms with Crippen LogP contribution in [0.25, 0.3) is 22.0 Å². The molecule has 0 fully saturated rings. The van der Waals surface area contributed by atoms with E-state index in [1.807, 2.05) is 18.2 Å². The van der Waals surface area contributed by atoms with Gasteiger partial charge in [0.25, 0.3) is 5.91 Å². The third-order valence-corrected chi connectivity index (χ3v) is 14.9. The number of aromatic nitrogens is 1. The van der Waals surface area contributed by atoms with Gasteiger partial charge in [-0.2, -0.15) is 0 Å². The van der Waals surface area contributed by atoms with Crippen molar-refractivity contribution in [2.75, 3.05) is 13.1 Å². The number of benzene rings is 2. The molecule has 3 rings (SSSR count). The van der Waals surface area contributed by atoms with Crippen LogP contribution < -0.4 is 16.0 Å². The Morgan fingerprint density at radius 3 is 1.84 bits per heavy atom. The van der Waals surface area contributed by atoms with E-state index in [0.29, 0.717) is 5.69 Å². The molecule has 51 heavy (non-hydrogen) atoms. The smallest absolute Gasteiger partial charge is 0.407 e. The van der Waals surface area contributed by atoms with Crippen LogP contribution >= 0.6 is 0 Å². The van der Waals surface area contributed by atoms with E-state index in [-0.39, 0.29) is 47.9 Å². The molecule has 0 aliphatic heterocycles. The molecule has 0 radical (unpaired) electrons. The molecule has 1 heterocycles. The van der Waals surface area contributed by atoms with Crippen molar-refractivity contribution in [3.8, 4) is 11.1 Å². The first kappa shape index (κ1) is 41.5. The summed E-state index contributed by atoms with van der Waals surface area (Å²) in [6.45, 7) is 24.1. The number of hydrogen-bond acceptors (Lipinski definition) is 6. The molecule has 0 aliphatic carbocycles. The van der Waals surface area contributed by atoms with Crippen LogP contribution in [0.2, 0.25) is 16.6 Å². The number of hydrogen-bond donors (Lipinski definition) is 4. The van der Waals surface area contributed by atoms with Gasteiger partial charge in [-0.25, -0.2) is 14.0 Å². The Morgan fingerprint density at radius 1 is 0.745 bits per heavy atom. The fourth-order valence-electron chi connectivity index (χ4n) is 6.75. The van der Waals surface area contributed by atoms with E-state index in [0.717, 1.165) is 22.0 Å². The molecule has 1 aromatic heterocycles. The molecular formula is C39H59FN4O6Si. The number of H-pyrrole nitrogens is 1. The second-order valence-electron chi connectivity index (χ2n) is 16.2. The van der Waals surface area contributed by atoms with E-state index < -0.39 is 43.9 Å². The van der Waals surface area contributed by atoms with Gasteiger partial charge in [0.05, 0.1) is 12.1 Å². The number of alkyl carbamates (subject to hydrolysis) is 2. The molecule has 3 aromatic rings. The van der Waals surface area contributed by atoms with Crippen LogP contribution in [0.3, 0.4) is 0 Å². The standard InChI is InChI=1S/C39H59FN4O6Si/c1-24(2)51(25(3)4,26(5)6)50-32(23-42-36(46)48-38(7,8)9)21-31(43-37(47)49-39(10,11)12)22-41-35(45)34-20-29-14-13-28(19-33(29)44-34)27-15-17-30(40)18-16-27/h13-20,24-26,31-32,44H,21-23H2,1-12H3,(H,41,45)(H,42,46)(H,43,47)/t31-,32?/m0/s1. The molecule has 10 nitrogen and oxygen atoms in total. The number of ether oxygens (including phenoxy) is 2. The van der Waals surface area contributed by atoms with Crippen molar-refractivity contribution in [1.82, 2.24) is 20.9 Å². The number of nitrogens with one attached hydrogen (secondary N) is 4. The van der Waals surface area contributed by atoms with Crippen molar-refractivity contribution in [2.24, 2.45) is 0 Å². The van der Waals surface area contributed by atoms with Gasteiger partial charge in [-0.3, -0.25) is 4.79 Å². The third kappa shape index (κ3) is 12.1. The highest BCUT2D eigenvalue weighted by atomic mass is 28.4. The van der Waals surface area contributed by atoms with E-state index >= 15 is 0 Å². The molecule has 2 aromatic carbocycles. The Balaban J connectivity index is 1.89. The highest BCUT2D eigenvalue weighted by Crippen LogP contribution is 2.43. The van der Waals surface area contributed by atoms with Crippen LogP contribution in [0, 0.1) is 5.82 Å². The van der Waals surface area contributed by atoms with Crippen LogP contribution in [0.15, 0.2) is 48.5 Å². The molecular weight excluding hydrogens is 668 g/mol. The maximum Gasteiger partial charge on any atom is 0.407 e. The molecule has 2 atom stereocenters. The number of amides is 3. The fourth-order valence-corrected chi connectivity index (χ4v) is 12.3. The van der Waals surface area contributed by atoms with Crippen molar-refractivity contribution >= 4 is 37.3 Å². The minimum atomic E-state index is -2.45. The second-order valence-corrected chi connectivity index (χ2v) is 21.6. The summed E-state index contributed by atoms with van der Waals surface area (Å²) in [4.78, 5) is 42.6. The summed E-state index contributed by atoms with van der Waals surface area (Å²) in [6.07, 6.45) is -1.41. The quantitative estimate of drug-likeness (QED) is 0.123. The van der Waals surface area contributed by atoms with Crippen LogP contribution in [0.5, 0.6) is 0 Å². The molecule has 12 heteroatoms. The summed E-state index contributed by atoms with van der Waals surface area (Å²) in [7, 11) is -2.45. The number of fused-ring (bicyclic) bond motifs is 1. The van der Waals surface area contributed by atoms with Gasteiger partial charge < -0.3 is 34.8 Å². The first-order chi connectivity index (χ1) is 23.6. The molecule has 0 saturated heterocycles. The predicted molar refractivity (Wildman–Crippen MR) is 204 cm³/mol. The minimum absolute atomic E-state index is 0.0696. The van der Waals surface area contributed by atoms with E-state index in [4.69, 9.17) is 13.9 Å². The number of halogens is 1. The van der Waals surface area contributed by atoms with Crippen molar-refractivity contribution in [2.45, 2.75) is 129 Å². The average Bonchev–Trinajstić information content (AvgIpc) is 3.42. The number of carbonyl (C=O) groups is 3. The Kier molecular flexibility index (Phi) is 13.9. The maximum absolute atomic E-state index is 13.5. The molecule has 0 saturated carbocycles. The lowest BCUT2D eigenvalue weighted by Gasteiger charge is -2.45. The van der Waals surface area contributed by atoms with Gasteiger partial charge >= 0.3 is 12.2 Å². The van der Waals surface area contributed by atoms with Gasteiger partial charge in [0, 0.05) is 24.0 Å². The zero-order chi connectivity index (χ0) is 38.3. The summed E-state index contributed by atoms with van der Waals surface area (Å²) in [6, 6.07) is 13.1. The highest BCUT2D eigenvalue weighted by molar-refractivity contribution is 6.77. The number of rotatable bonds is 14. The second kappa shape index (κ2) is 17.1. The van der Waals surface area contributed by atoms with Crippen LogP contribution in [-0.2, 0) is 13.9 Å². The normalized spacial score (nSPS) is 13.7. The van der Waals surface area contributed by atoms with E-state index in [2.05, 4.69) is 62.5 Å². The third-order valence-electron chi connectivity index (χ3n) is 8.77. The summed E-state index contributed by atoms with van der Waals surface area (Å²) < 4.78 is 31.7. The van der Waals surface area contributed by atoms with Crippen molar-refractivity contribution < 1.29 is 32.7 Å². The first-order valence-electron chi connectivity index (χ1n) is 17.9. The fraction of sp³-hybridized carbons (Fsp3) is 0.564. The molecule has 3 amide bonds. The molecule has 0 spiro atoms. The average molecular weight is 727 g/mol. The summed E-state index contributed by atoms with van der Waals surface area (Å²) in [5.74, 6) is -0.665. The lowest BCUT2D eigenvalue weighted by molar-refractivity contribution is 0.0442. The largest absolute Gasteiger partial charge is 0.444 e. The van der Waals surface area contributed by atoms with Crippen LogP contribution in [-0.4, -0.2) is 67.8 Å². The number of aromatic amines is 1. The van der Waals surface area contributed by atoms with Gasteiger partial charge in [-0.15, -0.1) is 0 Å². The van der Waals surface area contributed by atoms with Gasteiger partial charge in [-0.05, 0) is 100.0 Å². The number of carbonyl (C=O) groups excluding carboxylic acids is 3. The predicted octanol–water partition coefficient (Wildman–Crippen LogP) is 9.07. The van der Waals surface area contributed by atoms with Crippen molar-refractivity contribution in [1.29, 1.82) is 0 Å². The van der Waals surface area contributed by atoms with Crippen molar-refractivity contribution in [3.05, 3.63) is 60.0 Å². The van der Waals surface area contributed by atoms with Crippen molar-refractivity contribution in [3.63, 3.8) is 0 Å². The summed E-state index contributed by atoms with van der Waals surface area (Å²) in [5, 5.41) is 9.64. The minimum Gasteiger partial charge on any atom is -0.444 e. The van der Waals surface area contributed by atoms with Crippen LogP contribution in [0.4, 0.5) is 14.0 Å². The van der Waals surface area contributed by atoms with E-state index in [1.165, 1.54) is 12.1 Å². The SMILES string of the molecule is CC(C)[Si](OC(CNC(=O)OC(C)(C)C)C[C@@H](CNC(=O)c1cc2ccc(-c3ccc(F)cc3)cc2[nH]1)NC(=O)OC(C)(C)C)(C(C)C)C(C)C. The zero-order valence-electron chi connectivity index (χ0n) is 32.5. The van der Waals surface area contributed by atoms with Gasteiger partial charge in [0.2, 0.25) is 8.32 Å². The molecule has 1 unspecified atom stereocenters. The van der Waals surface area contributed by atoms with Gasteiger partial charge in [0.15, 0.2) is 0 Å². The monoisotopic (exact) mass is 726 g/mol. The Bertz CT molecular complexity index is 1600. The maximum atomic E-state index is 13.5. The highest BCUT2D eigenvalue weighted by Gasteiger charge is 2.47. The molecule has 0 bridgehead atoms. The topological polar surface area (TPSA) is 131 Å². The van der Waals surface area contributed by atoms with Crippen LogP contribution in [0.1, 0.15) is 100.0 Å². The van der Waals surface area contributed by atoms with Gasteiger partial charge in [-0.1, -0.05) is 65.8 Å². The zero-order valence-corrected chi connectivity index (χ0v) is 33.5. The van der Waals surface area contributed by atoms with Gasteiger partial charge in [0.1, 0.15) is 22.7 Å². The molecule has 4 N–H and O–H groups in total. The van der Waals surface area contributed by atoms with E-state index in [9.17, 15) is 18.8 Å². The Labute approximate surface area is 304 Å². The summed E-state index contributed by atoms with van der Waals surface area (Å²) >= 11 is 0. The Morgan fingerprint density at radius 2 is 1.29 bits per heavy atom. The molecule has 0 aliphatic rings. The lowest BCUT2D eigenvalue weighted by atomic mass is 10.0. The Hall–Kier alpha value is -3.90. The summed E-state index contributed by atoms with van der Waals surface area (Å²) in [5.41, 5.74) is 2.23. The first-order valence-corrected chi connectivity index (χ1v) is 20.0.